The molecule has 118 valence electrons. The molecule has 5 heteroatoms. The Morgan fingerprint density at radius 3 is 2.90 bits per heavy atom. The fraction of sp³-hybridized carbons (Fsp3) is 0.625. The lowest BCUT2D eigenvalue weighted by Crippen LogP contribution is -2.52. The third kappa shape index (κ3) is 3.44. The van der Waals surface area contributed by atoms with E-state index in [9.17, 15) is 0 Å². The van der Waals surface area contributed by atoms with Crippen LogP contribution in [0.1, 0.15) is 19.4 Å². The lowest BCUT2D eigenvalue weighted by atomic mass is 10.1. The molecule has 1 atom stereocenters. The zero-order chi connectivity index (χ0) is 13.9. The zero-order valence-electron chi connectivity index (χ0n) is 13.0. The van der Waals surface area contributed by atoms with Crippen LogP contribution in [0.4, 0.5) is 5.69 Å². The number of hydrogen-bond acceptors (Lipinski definition) is 4. The van der Waals surface area contributed by atoms with Crippen molar-refractivity contribution >= 4 is 18.1 Å². The molecule has 1 fully saturated rings. The second-order valence-corrected chi connectivity index (χ2v) is 5.60. The highest BCUT2D eigenvalue weighted by molar-refractivity contribution is 5.85. The number of halogens is 1. The summed E-state index contributed by atoms with van der Waals surface area (Å²) in [5, 5.41) is 3.46. The van der Waals surface area contributed by atoms with E-state index in [1.165, 1.54) is 11.3 Å². The van der Waals surface area contributed by atoms with Crippen molar-refractivity contribution in [1.82, 2.24) is 10.2 Å². The van der Waals surface area contributed by atoms with Crippen LogP contribution in [-0.2, 0) is 6.54 Å². The normalized spacial score (nSPS) is 21.3. The van der Waals surface area contributed by atoms with Gasteiger partial charge in [-0.05, 0) is 19.9 Å². The average Bonchev–Trinajstić information content (AvgIpc) is 2.67. The minimum Gasteiger partial charge on any atom is -0.491 e. The van der Waals surface area contributed by atoms with E-state index in [4.69, 9.17) is 4.74 Å². The van der Waals surface area contributed by atoms with Crippen molar-refractivity contribution in [3.63, 3.8) is 0 Å². The molecule has 0 saturated carbocycles. The summed E-state index contributed by atoms with van der Waals surface area (Å²) in [7, 11) is 0. The SMILES string of the molecule is CCN(CC)c1ccc2c(c1)OCC1CNCCN1C2.Cl. The Hall–Kier alpha value is -0.970. The highest BCUT2D eigenvalue weighted by Crippen LogP contribution is 2.30. The Morgan fingerprint density at radius 2 is 2.14 bits per heavy atom. The Bertz CT molecular complexity index is 465. The van der Waals surface area contributed by atoms with Crippen LogP contribution in [0.2, 0.25) is 0 Å². The molecule has 1 saturated heterocycles. The summed E-state index contributed by atoms with van der Waals surface area (Å²) in [6, 6.07) is 7.20. The third-order valence-electron chi connectivity index (χ3n) is 4.46. The molecule has 0 spiro atoms. The Labute approximate surface area is 133 Å². The van der Waals surface area contributed by atoms with E-state index in [0.717, 1.165) is 51.6 Å². The predicted octanol–water partition coefficient (Wildman–Crippen LogP) is 2.12. The van der Waals surface area contributed by atoms with Gasteiger partial charge in [0, 0.05) is 56.6 Å². The monoisotopic (exact) mass is 311 g/mol. The summed E-state index contributed by atoms with van der Waals surface area (Å²) in [5.74, 6) is 1.07. The van der Waals surface area contributed by atoms with E-state index in [1.807, 2.05) is 0 Å². The van der Waals surface area contributed by atoms with Crippen LogP contribution in [0.5, 0.6) is 5.75 Å². The molecule has 0 radical (unpaired) electrons. The van der Waals surface area contributed by atoms with Gasteiger partial charge in [-0.3, -0.25) is 4.90 Å². The minimum atomic E-state index is 0. The summed E-state index contributed by atoms with van der Waals surface area (Å²) in [4.78, 5) is 4.91. The van der Waals surface area contributed by atoms with Crippen LogP contribution in [0.25, 0.3) is 0 Å². The van der Waals surface area contributed by atoms with Crippen molar-refractivity contribution in [1.29, 1.82) is 0 Å². The van der Waals surface area contributed by atoms with Crippen molar-refractivity contribution in [2.45, 2.75) is 26.4 Å². The first kappa shape index (κ1) is 16.4. The summed E-state index contributed by atoms with van der Waals surface area (Å²) in [6.45, 7) is 11.5. The summed E-state index contributed by atoms with van der Waals surface area (Å²) < 4.78 is 6.09. The number of ether oxygens (including phenoxy) is 1. The number of fused-ring (bicyclic) bond motifs is 2. The summed E-state index contributed by atoms with van der Waals surface area (Å²) in [6.07, 6.45) is 0. The van der Waals surface area contributed by atoms with Gasteiger partial charge in [0.1, 0.15) is 12.4 Å². The van der Waals surface area contributed by atoms with E-state index in [2.05, 4.69) is 47.2 Å². The second-order valence-electron chi connectivity index (χ2n) is 5.60. The largest absolute Gasteiger partial charge is 0.491 e. The lowest BCUT2D eigenvalue weighted by Gasteiger charge is -2.33. The molecule has 2 aliphatic rings. The first-order valence-electron chi connectivity index (χ1n) is 7.77. The minimum absolute atomic E-state index is 0. The Balaban J connectivity index is 0.00000161. The first-order valence-corrected chi connectivity index (χ1v) is 7.77. The van der Waals surface area contributed by atoms with Crippen molar-refractivity contribution < 1.29 is 4.74 Å². The number of hydrogen-bond donors (Lipinski definition) is 1. The van der Waals surface area contributed by atoms with Crippen molar-refractivity contribution in [2.24, 2.45) is 0 Å². The van der Waals surface area contributed by atoms with E-state index >= 15 is 0 Å². The molecule has 21 heavy (non-hydrogen) atoms. The first-order chi connectivity index (χ1) is 9.81. The number of nitrogens with one attached hydrogen (secondary N) is 1. The third-order valence-corrected chi connectivity index (χ3v) is 4.46. The molecule has 0 bridgehead atoms. The van der Waals surface area contributed by atoms with Gasteiger partial charge in [0.15, 0.2) is 0 Å². The van der Waals surface area contributed by atoms with Gasteiger partial charge >= 0.3 is 0 Å². The quantitative estimate of drug-likeness (QED) is 0.925. The smallest absolute Gasteiger partial charge is 0.125 e. The zero-order valence-corrected chi connectivity index (χ0v) is 13.8. The van der Waals surface area contributed by atoms with Crippen molar-refractivity contribution in [3.8, 4) is 5.75 Å². The molecule has 3 rings (SSSR count). The van der Waals surface area contributed by atoms with Crippen LogP contribution in [-0.4, -0.2) is 50.3 Å². The van der Waals surface area contributed by atoms with E-state index in [-0.39, 0.29) is 12.4 Å². The van der Waals surface area contributed by atoms with E-state index in [1.54, 1.807) is 0 Å². The molecule has 4 nitrogen and oxygen atoms in total. The molecule has 1 N–H and O–H groups in total. The van der Waals surface area contributed by atoms with Gasteiger partial charge in [0.2, 0.25) is 0 Å². The van der Waals surface area contributed by atoms with Gasteiger partial charge in [-0.1, -0.05) is 6.07 Å². The van der Waals surface area contributed by atoms with Crippen molar-refractivity contribution in [3.05, 3.63) is 23.8 Å². The number of rotatable bonds is 3. The summed E-state index contributed by atoms with van der Waals surface area (Å²) in [5.41, 5.74) is 2.59. The molecule has 0 aliphatic carbocycles. The van der Waals surface area contributed by atoms with Crippen LogP contribution in [0.15, 0.2) is 18.2 Å². The number of piperazine rings is 1. The van der Waals surface area contributed by atoms with Crippen molar-refractivity contribution in [2.75, 3.05) is 44.2 Å². The molecular formula is C16H26ClN3O. The lowest BCUT2D eigenvalue weighted by molar-refractivity contribution is 0.120. The Morgan fingerprint density at radius 1 is 1.33 bits per heavy atom. The van der Waals surface area contributed by atoms with Crippen LogP contribution in [0.3, 0.4) is 0 Å². The maximum atomic E-state index is 6.09. The van der Waals surface area contributed by atoms with Crippen LogP contribution >= 0.6 is 12.4 Å². The van der Waals surface area contributed by atoms with Gasteiger partial charge in [0.05, 0.1) is 6.04 Å². The van der Waals surface area contributed by atoms with Gasteiger partial charge in [0.25, 0.3) is 0 Å². The molecule has 2 heterocycles. The fourth-order valence-corrected chi connectivity index (χ4v) is 3.17. The maximum Gasteiger partial charge on any atom is 0.125 e. The number of anilines is 1. The molecule has 0 aromatic heterocycles. The molecule has 1 unspecified atom stereocenters. The molecule has 2 aliphatic heterocycles. The molecular weight excluding hydrogens is 286 g/mol. The van der Waals surface area contributed by atoms with Gasteiger partial charge in [-0.25, -0.2) is 0 Å². The second kappa shape index (κ2) is 7.34. The highest BCUT2D eigenvalue weighted by Gasteiger charge is 2.27. The van der Waals surface area contributed by atoms with Gasteiger partial charge < -0.3 is 15.0 Å². The molecule has 1 aromatic carbocycles. The molecule has 0 amide bonds. The topological polar surface area (TPSA) is 27.7 Å². The van der Waals surface area contributed by atoms with Gasteiger partial charge in [-0.15, -0.1) is 12.4 Å². The standard InChI is InChI=1S/C16H25N3O.ClH/c1-3-18(4-2)14-6-5-13-11-19-8-7-17-10-15(19)12-20-16(13)9-14;/h5-6,9,15,17H,3-4,7-8,10-12H2,1-2H3;1H. The average molecular weight is 312 g/mol. The van der Waals surface area contributed by atoms with E-state index in [0.29, 0.717) is 6.04 Å². The number of benzene rings is 1. The van der Waals surface area contributed by atoms with Gasteiger partial charge in [-0.2, -0.15) is 0 Å². The predicted molar refractivity (Wildman–Crippen MR) is 89.8 cm³/mol. The Kier molecular flexibility index (Phi) is 5.73. The van der Waals surface area contributed by atoms with Crippen LogP contribution in [0, 0.1) is 0 Å². The highest BCUT2D eigenvalue weighted by atomic mass is 35.5. The summed E-state index contributed by atoms with van der Waals surface area (Å²) >= 11 is 0. The molecule has 1 aromatic rings. The van der Waals surface area contributed by atoms with E-state index < -0.39 is 0 Å². The maximum absolute atomic E-state index is 6.09. The fourth-order valence-electron chi connectivity index (χ4n) is 3.17. The number of nitrogens with zero attached hydrogens (tertiary/aromatic N) is 2. The van der Waals surface area contributed by atoms with Crippen LogP contribution < -0.4 is 15.0 Å².